The Morgan fingerprint density at radius 1 is 1.19 bits per heavy atom. The van der Waals surface area contributed by atoms with Crippen LogP contribution in [0.3, 0.4) is 0 Å². The second-order valence-electron chi connectivity index (χ2n) is 8.84. The number of alkyl halides is 3. The van der Waals surface area contributed by atoms with E-state index < -0.39 is 30.4 Å². The molecule has 2 amide bonds. The highest BCUT2D eigenvalue weighted by atomic mass is 19.4. The molecule has 0 bridgehead atoms. The zero-order chi connectivity index (χ0) is 26.2. The van der Waals surface area contributed by atoms with Crippen molar-refractivity contribution in [3.05, 3.63) is 54.5 Å². The summed E-state index contributed by atoms with van der Waals surface area (Å²) in [5, 5.41) is 5.66. The number of aryl methyl sites for hydroxylation is 1. The van der Waals surface area contributed by atoms with E-state index in [-0.39, 0.29) is 25.2 Å². The summed E-state index contributed by atoms with van der Waals surface area (Å²) in [6.45, 7) is 1.82. The minimum atomic E-state index is -4.29. The number of hydrogen-bond donors (Lipinski definition) is 3. The maximum Gasteiger partial charge on any atom is 0.389 e. The molecule has 5 rings (SSSR count). The average molecular weight is 514 g/mol. The Balaban J connectivity index is 1.37. The molecule has 1 aliphatic heterocycles. The Kier molecular flexibility index (Phi) is 6.36. The first-order chi connectivity index (χ1) is 17.7. The van der Waals surface area contributed by atoms with Crippen molar-refractivity contribution in [3.8, 4) is 11.3 Å². The topological polar surface area (TPSA) is 112 Å². The number of urea groups is 1. The van der Waals surface area contributed by atoms with Gasteiger partial charge in [0.2, 0.25) is 0 Å². The minimum absolute atomic E-state index is 0.0399. The van der Waals surface area contributed by atoms with E-state index >= 15 is 0 Å². The van der Waals surface area contributed by atoms with Crippen LogP contribution in [0.15, 0.2) is 43.1 Å². The van der Waals surface area contributed by atoms with Crippen molar-refractivity contribution in [1.82, 2.24) is 29.8 Å². The smallest absolute Gasteiger partial charge is 0.339 e. The van der Waals surface area contributed by atoms with Crippen LogP contribution in [0.1, 0.15) is 18.4 Å². The largest absolute Gasteiger partial charge is 0.389 e. The molecule has 1 unspecified atom stereocenters. The molecule has 0 saturated carbocycles. The molecule has 1 aromatic carbocycles. The third-order valence-corrected chi connectivity index (χ3v) is 6.18. The number of benzene rings is 1. The van der Waals surface area contributed by atoms with E-state index in [9.17, 15) is 22.4 Å². The standard InChI is InChI=1S/C24H22F4N8O/c1-13-7-16(25)18(35-23(37)36-6-4-14(10-36)9-24(26,27)28)8-17(13)34-21-15(3-2-5-29-21)19-20-22(32-11-30-19)33-12-31-20/h2-3,5,7-8,11-12,14H,4,6,9-10H2,1H3,(H,29,34)(H,35,37)(H,30,31,32,33). The SMILES string of the molecule is Cc1cc(F)c(NC(=O)N2CCC(CC(F)(F)F)C2)cc1Nc1ncccc1-c1ncnc2[nH]cnc12. The van der Waals surface area contributed by atoms with Gasteiger partial charge in [0.25, 0.3) is 0 Å². The summed E-state index contributed by atoms with van der Waals surface area (Å²) in [5.41, 5.74) is 3.19. The van der Waals surface area contributed by atoms with E-state index in [0.717, 1.165) is 0 Å². The number of halogens is 4. The van der Waals surface area contributed by atoms with E-state index in [2.05, 4.69) is 35.6 Å². The molecule has 0 aliphatic carbocycles. The highest BCUT2D eigenvalue weighted by Gasteiger charge is 2.36. The van der Waals surface area contributed by atoms with E-state index in [1.165, 1.54) is 29.7 Å². The van der Waals surface area contributed by atoms with E-state index in [4.69, 9.17) is 0 Å². The number of aromatic nitrogens is 5. The van der Waals surface area contributed by atoms with Gasteiger partial charge in [-0.05, 0) is 49.1 Å². The number of imidazole rings is 1. The van der Waals surface area contributed by atoms with Gasteiger partial charge in [-0.2, -0.15) is 13.2 Å². The predicted octanol–water partition coefficient (Wildman–Crippen LogP) is 5.41. The summed E-state index contributed by atoms with van der Waals surface area (Å²) in [4.78, 5) is 34.1. The molecular weight excluding hydrogens is 492 g/mol. The summed E-state index contributed by atoms with van der Waals surface area (Å²) < 4.78 is 52.8. The van der Waals surface area contributed by atoms with Crippen molar-refractivity contribution in [2.75, 3.05) is 23.7 Å². The average Bonchev–Trinajstić information content (AvgIpc) is 3.51. The molecule has 1 saturated heterocycles. The maximum absolute atomic E-state index is 14.7. The number of pyridine rings is 1. The molecule has 1 atom stereocenters. The lowest BCUT2D eigenvalue weighted by atomic mass is 10.1. The van der Waals surface area contributed by atoms with Gasteiger partial charge in [-0.3, -0.25) is 0 Å². The number of amides is 2. The quantitative estimate of drug-likeness (QED) is 0.307. The van der Waals surface area contributed by atoms with Gasteiger partial charge < -0.3 is 20.5 Å². The molecule has 37 heavy (non-hydrogen) atoms. The number of hydrogen-bond acceptors (Lipinski definition) is 6. The van der Waals surface area contributed by atoms with Gasteiger partial charge in [0.1, 0.15) is 29.2 Å². The molecule has 3 N–H and O–H groups in total. The number of fused-ring (bicyclic) bond motifs is 1. The molecule has 13 heteroatoms. The number of H-pyrrole nitrogens is 1. The molecule has 0 radical (unpaired) electrons. The van der Waals surface area contributed by atoms with Gasteiger partial charge >= 0.3 is 12.2 Å². The Labute approximate surface area is 208 Å². The Bertz CT molecular complexity index is 1450. The molecule has 4 heterocycles. The van der Waals surface area contributed by atoms with Gasteiger partial charge in [0.05, 0.1) is 12.0 Å². The molecule has 192 valence electrons. The molecule has 4 aromatic rings. The van der Waals surface area contributed by atoms with Crippen LogP contribution in [0.25, 0.3) is 22.4 Å². The van der Waals surface area contributed by atoms with Crippen molar-refractivity contribution < 1.29 is 22.4 Å². The van der Waals surface area contributed by atoms with Crippen LogP contribution in [0.5, 0.6) is 0 Å². The summed E-state index contributed by atoms with van der Waals surface area (Å²) in [6, 6.07) is 5.57. The van der Waals surface area contributed by atoms with Crippen molar-refractivity contribution >= 4 is 34.4 Å². The van der Waals surface area contributed by atoms with Crippen LogP contribution in [0, 0.1) is 18.7 Å². The lowest BCUT2D eigenvalue weighted by Crippen LogP contribution is -2.33. The molecular formula is C24H22F4N8O. The monoisotopic (exact) mass is 514 g/mol. The van der Waals surface area contributed by atoms with Crippen molar-refractivity contribution in [1.29, 1.82) is 0 Å². The zero-order valence-corrected chi connectivity index (χ0v) is 19.6. The number of likely N-dealkylation sites (tertiary alicyclic amines) is 1. The van der Waals surface area contributed by atoms with Crippen LogP contribution < -0.4 is 10.6 Å². The third-order valence-electron chi connectivity index (χ3n) is 6.18. The van der Waals surface area contributed by atoms with E-state index in [0.29, 0.717) is 39.5 Å². The fourth-order valence-corrected chi connectivity index (χ4v) is 4.39. The Morgan fingerprint density at radius 3 is 2.84 bits per heavy atom. The van der Waals surface area contributed by atoms with Crippen LogP contribution in [0.2, 0.25) is 0 Å². The second-order valence-corrected chi connectivity index (χ2v) is 8.84. The van der Waals surface area contributed by atoms with Crippen LogP contribution in [-0.4, -0.2) is 55.1 Å². The fourth-order valence-electron chi connectivity index (χ4n) is 4.39. The number of carbonyl (C=O) groups excluding carboxylic acids is 1. The summed E-state index contributed by atoms with van der Waals surface area (Å²) in [5.74, 6) is -0.916. The van der Waals surface area contributed by atoms with Crippen molar-refractivity contribution in [2.45, 2.75) is 25.9 Å². The van der Waals surface area contributed by atoms with E-state index in [1.54, 1.807) is 25.3 Å². The molecule has 3 aromatic heterocycles. The van der Waals surface area contributed by atoms with Gasteiger partial charge in [-0.15, -0.1) is 0 Å². The predicted molar refractivity (Wildman–Crippen MR) is 129 cm³/mol. The van der Waals surface area contributed by atoms with Gasteiger partial charge in [-0.1, -0.05) is 0 Å². The molecule has 9 nitrogen and oxygen atoms in total. The maximum atomic E-state index is 14.7. The van der Waals surface area contributed by atoms with Gasteiger partial charge in [0.15, 0.2) is 5.65 Å². The third kappa shape index (κ3) is 5.29. The van der Waals surface area contributed by atoms with E-state index in [1.807, 2.05) is 0 Å². The number of rotatable bonds is 5. The fraction of sp³-hybridized carbons (Fsp3) is 0.292. The molecule has 1 aliphatic rings. The Morgan fingerprint density at radius 2 is 2.03 bits per heavy atom. The van der Waals surface area contributed by atoms with Crippen molar-refractivity contribution in [3.63, 3.8) is 0 Å². The Hall–Kier alpha value is -4.29. The first-order valence-corrected chi connectivity index (χ1v) is 11.5. The van der Waals surface area contributed by atoms with Crippen LogP contribution >= 0.6 is 0 Å². The van der Waals surface area contributed by atoms with Crippen LogP contribution in [0.4, 0.5) is 39.5 Å². The molecule has 1 fully saturated rings. The summed E-state index contributed by atoms with van der Waals surface area (Å²) >= 11 is 0. The number of nitrogens with zero attached hydrogens (tertiary/aromatic N) is 5. The number of aromatic amines is 1. The number of nitrogens with one attached hydrogen (secondary N) is 3. The normalized spacial score (nSPS) is 15.8. The zero-order valence-electron chi connectivity index (χ0n) is 19.6. The number of anilines is 3. The first kappa shape index (κ1) is 24.4. The second kappa shape index (κ2) is 9.64. The highest BCUT2D eigenvalue weighted by molar-refractivity contribution is 5.93. The molecule has 0 spiro atoms. The number of carbonyl (C=O) groups is 1. The van der Waals surface area contributed by atoms with Gasteiger partial charge in [0, 0.05) is 37.0 Å². The van der Waals surface area contributed by atoms with Crippen molar-refractivity contribution in [2.24, 2.45) is 5.92 Å². The minimum Gasteiger partial charge on any atom is -0.339 e. The summed E-state index contributed by atoms with van der Waals surface area (Å²) in [6.07, 6.45) is -0.503. The van der Waals surface area contributed by atoms with Gasteiger partial charge in [-0.25, -0.2) is 29.1 Å². The highest BCUT2D eigenvalue weighted by Crippen LogP contribution is 2.34. The van der Waals surface area contributed by atoms with Crippen LogP contribution in [-0.2, 0) is 0 Å². The summed E-state index contributed by atoms with van der Waals surface area (Å²) in [7, 11) is 0. The lowest BCUT2D eigenvalue weighted by Gasteiger charge is -2.19. The lowest BCUT2D eigenvalue weighted by molar-refractivity contribution is -0.143. The first-order valence-electron chi connectivity index (χ1n) is 11.5.